The fourth-order valence-corrected chi connectivity index (χ4v) is 4.51. The summed E-state index contributed by atoms with van der Waals surface area (Å²) < 4.78 is 11.7. The van der Waals surface area contributed by atoms with Crippen LogP contribution < -0.4 is 15.0 Å². The standard InChI is InChI=1S/C25H20N4O4S/c1-32-22-15-17(29(30)31)10-11-18(22)20-12-13-21(33-20)24-23(19-9-5-6-14-26-19)27-25(34)28(24)16-7-3-2-4-8-16/h2-15,23-24H,1H3,(H,27,34)/t23-,24+/m1/s1. The number of nitrogens with one attached hydrogen (secondary N) is 1. The first-order valence-electron chi connectivity index (χ1n) is 10.5. The summed E-state index contributed by atoms with van der Waals surface area (Å²) in [5.41, 5.74) is 2.32. The molecular weight excluding hydrogens is 452 g/mol. The van der Waals surface area contributed by atoms with Crippen LogP contribution in [0.4, 0.5) is 11.4 Å². The Morgan fingerprint density at radius 1 is 1.09 bits per heavy atom. The van der Waals surface area contributed by atoms with E-state index < -0.39 is 4.92 Å². The summed E-state index contributed by atoms with van der Waals surface area (Å²) in [6, 6.07) is 23.2. The third kappa shape index (κ3) is 3.86. The lowest BCUT2D eigenvalue weighted by molar-refractivity contribution is -0.384. The predicted octanol–water partition coefficient (Wildman–Crippen LogP) is 5.44. The maximum Gasteiger partial charge on any atom is 0.273 e. The van der Waals surface area contributed by atoms with Crippen molar-refractivity contribution in [2.75, 3.05) is 12.0 Å². The minimum atomic E-state index is -0.458. The molecule has 0 bridgehead atoms. The maximum absolute atomic E-state index is 11.2. The highest BCUT2D eigenvalue weighted by molar-refractivity contribution is 7.80. The van der Waals surface area contributed by atoms with Crippen LogP contribution in [0.2, 0.25) is 0 Å². The molecule has 2 aromatic heterocycles. The molecule has 34 heavy (non-hydrogen) atoms. The summed E-state index contributed by atoms with van der Waals surface area (Å²) >= 11 is 5.72. The van der Waals surface area contributed by atoms with Gasteiger partial charge < -0.3 is 19.4 Å². The van der Waals surface area contributed by atoms with Gasteiger partial charge in [0.05, 0.1) is 35.4 Å². The molecule has 9 heteroatoms. The molecule has 170 valence electrons. The number of nitro groups is 1. The molecule has 1 N–H and O–H groups in total. The number of para-hydroxylation sites is 1. The summed E-state index contributed by atoms with van der Waals surface area (Å²) in [6.07, 6.45) is 1.75. The molecule has 0 radical (unpaired) electrons. The van der Waals surface area contributed by atoms with Crippen LogP contribution in [0.25, 0.3) is 11.3 Å². The molecule has 5 rings (SSSR count). The maximum atomic E-state index is 11.2. The van der Waals surface area contributed by atoms with E-state index in [0.717, 1.165) is 11.4 Å². The summed E-state index contributed by atoms with van der Waals surface area (Å²) in [6.45, 7) is 0. The molecule has 1 aliphatic heterocycles. The van der Waals surface area contributed by atoms with E-state index in [4.69, 9.17) is 21.4 Å². The van der Waals surface area contributed by atoms with E-state index >= 15 is 0 Å². The number of nitrogens with zero attached hydrogens (tertiary/aromatic N) is 3. The molecule has 0 unspecified atom stereocenters. The Bertz CT molecular complexity index is 1340. The predicted molar refractivity (Wildman–Crippen MR) is 132 cm³/mol. The van der Waals surface area contributed by atoms with Crippen molar-refractivity contribution in [1.82, 2.24) is 10.3 Å². The second-order valence-corrected chi connectivity index (χ2v) is 8.06. The number of anilines is 1. The molecule has 2 aromatic carbocycles. The number of nitro benzene ring substituents is 1. The lowest BCUT2D eigenvalue weighted by atomic mass is 10.0. The number of rotatable bonds is 6. The number of hydrogen-bond donors (Lipinski definition) is 1. The van der Waals surface area contributed by atoms with Gasteiger partial charge in [0.25, 0.3) is 5.69 Å². The zero-order chi connectivity index (χ0) is 23.7. The number of ether oxygens (including phenoxy) is 1. The lowest BCUT2D eigenvalue weighted by Crippen LogP contribution is -2.29. The van der Waals surface area contributed by atoms with Crippen LogP contribution in [0.1, 0.15) is 23.5 Å². The Labute approximate surface area is 201 Å². The quantitative estimate of drug-likeness (QED) is 0.225. The van der Waals surface area contributed by atoms with Crippen LogP contribution in [-0.2, 0) is 0 Å². The van der Waals surface area contributed by atoms with Gasteiger partial charge in [-0.15, -0.1) is 0 Å². The molecule has 2 atom stereocenters. The van der Waals surface area contributed by atoms with Crippen molar-refractivity contribution in [3.63, 3.8) is 0 Å². The highest BCUT2D eigenvalue weighted by atomic mass is 32.1. The molecule has 1 saturated heterocycles. The number of hydrogen-bond acceptors (Lipinski definition) is 6. The van der Waals surface area contributed by atoms with Crippen molar-refractivity contribution in [2.24, 2.45) is 0 Å². The average molecular weight is 473 g/mol. The molecule has 0 spiro atoms. The molecule has 4 aromatic rings. The van der Waals surface area contributed by atoms with Crippen molar-refractivity contribution < 1.29 is 14.1 Å². The Balaban J connectivity index is 1.59. The molecule has 1 aliphatic rings. The highest BCUT2D eigenvalue weighted by Crippen LogP contribution is 2.43. The summed E-state index contributed by atoms with van der Waals surface area (Å²) in [5, 5.41) is 15.1. The van der Waals surface area contributed by atoms with Gasteiger partial charge >= 0.3 is 0 Å². The first-order chi connectivity index (χ1) is 16.6. The van der Waals surface area contributed by atoms with Gasteiger partial charge in [-0.2, -0.15) is 0 Å². The van der Waals surface area contributed by atoms with E-state index in [1.54, 1.807) is 12.3 Å². The van der Waals surface area contributed by atoms with Gasteiger partial charge in [0.2, 0.25) is 0 Å². The van der Waals surface area contributed by atoms with Crippen molar-refractivity contribution in [1.29, 1.82) is 0 Å². The van der Waals surface area contributed by atoms with Gasteiger partial charge in [0.1, 0.15) is 23.3 Å². The molecule has 3 heterocycles. The van der Waals surface area contributed by atoms with Crippen LogP contribution >= 0.6 is 12.2 Å². The number of furan rings is 1. The summed E-state index contributed by atoms with van der Waals surface area (Å²) in [4.78, 5) is 17.3. The third-order valence-electron chi connectivity index (χ3n) is 5.71. The third-order valence-corrected chi connectivity index (χ3v) is 6.03. The minimum Gasteiger partial charge on any atom is -0.496 e. The van der Waals surface area contributed by atoms with Gasteiger partial charge in [-0.05, 0) is 54.7 Å². The molecule has 0 aliphatic carbocycles. The van der Waals surface area contributed by atoms with Crippen LogP contribution in [0.15, 0.2) is 89.5 Å². The van der Waals surface area contributed by atoms with Crippen LogP contribution in [0.5, 0.6) is 5.75 Å². The number of methoxy groups -OCH3 is 1. The van der Waals surface area contributed by atoms with E-state index in [0.29, 0.717) is 27.9 Å². The van der Waals surface area contributed by atoms with Gasteiger partial charge in [-0.3, -0.25) is 15.1 Å². The molecular formula is C25H20N4O4S. The van der Waals surface area contributed by atoms with Crippen LogP contribution in [0.3, 0.4) is 0 Å². The fourth-order valence-electron chi connectivity index (χ4n) is 4.16. The topological polar surface area (TPSA) is 93.7 Å². The van der Waals surface area contributed by atoms with Crippen molar-refractivity contribution in [2.45, 2.75) is 12.1 Å². The summed E-state index contributed by atoms with van der Waals surface area (Å²) in [7, 11) is 1.47. The van der Waals surface area contributed by atoms with Crippen molar-refractivity contribution in [3.05, 3.63) is 107 Å². The average Bonchev–Trinajstić information content (AvgIpc) is 3.49. The smallest absolute Gasteiger partial charge is 0.273 e. The van der Waals surface area contributed by atoms with Crippen molar-refractivity contribution in [3.8, 4) is 17.1 Å². The molecule has 0 saturated carbocycles. The van der Waals surface area contributed by atoms with E-state index in [9.17, 15) is 10.1 Å². The van der Waals surface area contributed by atoms with Crippen molar-refractivity contribution >= 4 is 28.7 Å². The zero-order valence-electron chi connectivity index (χ0n) is 18.1. The Morgan fingerprint density at radius 2 is 1.88 bits per heavy atom. The monoisotopic (exact) mass is 472 g/mol. The van der Waals surface area contributed by atoms with Gasteiger partial charge in [-0.1, -0.05) is 24.3 Å². The Morgan fingerprint density at radius 3 is 2.59 bits per heavy atom. The molecule has 0 amide bonds. The summed E-state index contributed by atoms with van der Waals surface area (Å²) in [5.74, 6) is 1.56. The minimum absolute atomic E-state index is 0.0526. The largest absolute Gasteiger partial charge is 0.496 e. The SMILES string of the molecule is COc1cc([N+](=O)[O-])ccc1-c1ccc([C@H]2[C@@H](c3ccccn3)NC(=S)N2c2ccccc2)o1. The Hall–Kier alpha value is -4.24. The highest BCUT2D eigenvalue weighted by Gasteiger charge is 2.42. The van der Waals surface area contributed by atoms with E-state index in [2.05, 4.69) is 10.3 Å². The van der Waals surface area contributed by atoms with Gasteiger partial charge in [-0.25, -0.2) is 0 Å². The second-order valence-electron chi connectivity index (χ2n) is 7.68. The number of thiocarbonyl (C=S) groups is 1. The molecule has 8 nitrogen and oxygen atoms in total. The number of aromatic nitrogens is 1. The normalized spacial score (nSPS) is 17.4. The van der Waals surface area contributed by atoms with Crippen LogP contribution in [0, 0.1) is 10.1 Å². The fraction of sp³-hybridized carbons (Fsp3) is 0.120. The second kappa shape index (κ2) is 8.95. The van der Waals surface area contributed by atoms with Gasteiger partial charge in [0, 0.05) is 18.0 Å². The first-order valence-corrected chi connectivity index (χ1v) is 11.0. The van der Waals surface area contributed by atoms with E-state index in [-0.39, 0.29) is 17.8 Å². The number of benzene rings is 2. The number of pyridine rings is 1. The van der Waals surface area contributed by atoms with E-state index in [1.807, 2.05) is 65.6 Å². The van der Waals surface area contributed by atoms with Gasteiger partial charge in [0.15, 0.2) is 5.11 Å². The number of non-ortho nitro benzene ring substituents is 1. The lowest BCUT2D eigenvalue weighted by Gasteiger charge is -2.26. The van der Waals surface area contributed by atoms with Crippen LogP contribution in [-0.4, -0.2) is 22.1 Å². The molecule has 1 fully saturated rings. The van der Waals surface area contributed by atoms with E-state index in [1.165, 1.54) is 19.2 Å². The zero-order valence-corrected chi connectivity index (χ0v) is 18.9. The first kappa shape index (κ1) is 21.6. The Kier molecular flexibility index (Phi) is 5.69.